The van der Waals surface area contributed by atoms with Crippen LogP contribution < -0.4 is 11.2 Å². The molecule has 1 saturated heterocycles. The van der Waals surface area contributed by atoms with E-state index in [1.807, 2.05) is 0 Å². The van der Waals surface area contributed by atoms with Crippen LogP contribution in [0.1, 0.15) is 20.7 Å². The van der Waals surface area contributed by atoms with E-state index in [2.05, 4.69) is 5.43 Å². The largest absolute Gasteiger partial charge is 0.379 e. The maximum Gasteiger partial charge on any atom is 0.265 e. The molecule has 1 aromatic carbocycles. The molecule has 0 atom stereocenters. The van der Waals surface area contributed by atoms with Crippen LogP contribution in [0.3, 0.4) is 0 Å². The van der Waals surface area contributed by atoms with Gasteiger partial charge in [0.15, 0.2) is 0 Å². The van der Waals surface area contributed by atoms with Gasteiger partial charge >= 0.3 is 0 Å². The predicted molar refractivity (Wildman–Crippen MR) is 64.8 cm³/mol. The van der Waals surface area contributed by atoms with Crippen LogP contribution >= 0.6 is 0 Å². The Morgan fingerprint density at radius 3 is 2.56 bits per heavy atom. The molecule has 1 aliphatic rings. The highest BCUT2D eigenvalue weighted by atomic mass is 16.5. The van der Waals surface area contributed by atoms with Gasteiger partial charge in [-0.25, -0.2) is 5.01 Å². The van der Waals surface area contributed by atoms with E-state index in [-0.39, 0.29) is 5.91 Å². The second kappa shape index (κ2) is 5.61. The van der Waals surface area contributed by atoms with Gasteiger partial charge in [0.05, 0.1) is 13.2 Å². The molecule has 0 aliphatic carbocycles. The van der Waals surface area contributed by atoms with Gasteiger partial charge in [-0.15, -0.1) is 0 Å². The van der Waals surface area contributed by atoms with Crippen LogP contribution in [0.2, 0.25) is 0 Å². The fourth-order valence-electron chi connectivity index (χ4n) is 1.70. The van der Waals surface area contributed by atoms with Crippen molar-refractivity contribution in [3.8, 4) is 0 Å². The van der Waals surface area contributed by atoms with Crippen LogP contribution in [0.25, 0.3) is 0 Å². The summed E-state index contributed by atoms with van der Waals surface area (Å²) in [4.78, 5) is 23.0. The van der Waals surface area contributed by atoms with Crippen LogP contribution in [0, 0.1) is 0 Å². The van der Waals surface area contributed by atoms with Gasteiger partial charge in [0.25, 0.3) is 5.91 Å². The molecule has 96 valence electrons. The molecule has 0 aromatic heterocycles. The number of nitrogens with zero attached hydrogens (tertiary/aromatic N) is 1. The second-order valence-electron chi connectivity index (χ2n) is 3.99. The van der Waals surface area contributed by atoms with Crippen LogP contribution in [0.15, 0.2) is 24.3 Å². The van der Waals surface area contributed by atoms with E-state index in [0.29, 0.717) is 37.4 Å². The molecule has 18 heavy (non-hydrogen) atoms. The third-order valence-electron chi connectivity index (χ3n) is 2.68. The average molecular weight is 249 g/mol. The van der Waals surface area contributed by atoms with E-state index in [1.165, 1.54) is 6.07 Å². The van der Waals surface area contributed by atoms with Gasteiger partial charge in [0, 0.05) is 24.2 Å². The Labute approximate surface area is 105 Å². The molecule has 1 aromatic rings. The molecule has 1 aliphatic heterocycles. The van der Waals surface area contributed by atoms with Crippen LogP contribution in [-0.2, 0) is 4.74 Å². The molecule has 1 fully saturated rings. The van der Waals surface area contributed by atoms with Crippen molar-refractivity contribution in [2.24, 2.45) is 5.73 Å². The van der Waals surface area contributed by atoms with Gasteiger partial charge in [-0.05, 0) is 18.2 Å². The number of morpholine rings is 1. The number of nitrogens with two attached hydrogens (primary N) is 1. The minimum Gasteiger partial charge on any atom is -0.379 e. The molecule has 0 saturated carbocycles. The van der Waals surface area contributed by atoms with Crippen molar-refractivity contribution in [1.29, 1.82) is 0 Å². The third-order valence-corrected chi connectivity index (χ3v) is 2.68. The Kier molecular flexibility index (Phi) is 3.91. The van der Waals surface area contributed by atoms with Gasteiger partial charge in [-0.2, -0.15) is 0 Å². The minimum atomic E-state index is -0.545. The molecule has 6 heteroatoms. The highest BCUT2D eigenvalue weighted by Gasteiger charge is 2.14. The molecule has 2 amide bonds. The Morgan fingerprint density at radius 2 is 1.89 bits per heavy atom. The average Bonchev–Trinajstić information content (AvgIpc) is 2.40. The number of hydrazine groups is 1. The number of nitrogens with one attached hydrogen (secondary N) is 1. The molecule has 0 unspecified atom stereocenters. The topological polar surface area (TPSA) is 84.7 Å². The number of primary amides is 1. The fraction of sp³-hybridized carbons (Fsp3) is 0.333. The summed E-state index contributed by atoms with van der Waals surface area (Å²) >= 11 is 0. The molecule has 6 nitrogen and oxygen atoms in total. The summed E-state index contributed by atoms with van der Waals surface area (Å²) in [6, 6.07) is 6.34. The molecular formula is C12H15N3O3. The standard InChI is InChI=1S/C12H15N3O3/c13-11(16)9-2-1-3-10(8-9)12(17)14-15-4-6-18-7-5-15/h1-3,8H,4-7H2,(H2,13,16)(H,14,17). The van der Waals surface area contributed by atoms with Crippen molar-refractivity contribution >= 4 is 11.8 Å². The molecule has 0 spiro atoms. The van der Waals surface area contributed by atoms with Crippen molar-refractivity contribution in [3.63, 3.8) is 0 Å². The van der Waals surface area contributed by atoms with Gasteiger partial charge in [-0.3, -0.25) is 15.0 Å². The Hall–Kier alpha value is -1.92. The first-order chi connectivity index (χ1) is 8.66. The zero-order valence-corrected chi connectivity index (χ0v) is 9.89. The SMILES string of the molecule is NC(=O)c1cccc(C(=O)NN2CCOCC2)c1. The van der Waals surface area contributed by atoms with Gasteiger partial charge < -0.3 is 10.5 Å². The van der Waals surface area contributed by atoms with Gasteiger partial charge in [0.1, 0.15) is 0 Å². The van der Waals surface area contributed by atoms with E-state index in [1.54, 1.807) is 23.2 Å². The number of amides is 2. The van der Waals surface area contributed by atoms with E-state index >= 15 is 0 Å². The normalized spacial score (nSPS) is 16.2. The monoisotopic (exact) mass is 249 g/mol. The smallest absolute Gasteiger partial charge is 0.265 e. The Morgan fingerprint density at radius 1 is 1.22 bits per heavy atom. The Balaban J connectivity index is 2.03. The summed E-state index contributed by atoms with van der Waals surface area (Å²) in [5, 5.41) is 1.79. The van der Waals surface area contributed by atoms with Crippen molar-refractivity contribution in [2.45, 2.75) is 0 Å². The summed E-state index contributed by atoms with van der Waals surface area (Å²) in [5.74, 6) is -0.795. The molecule has 3 N–H and O–H groups in total. The quantitative estimate of drug-likeness (QED) is 0.774. The summed E-state index contributed by atoms with van der Waals surface area (Å²) in [6.07, 6.45) is 0. The first-order valence-electron chi connectivity index (χ1n) is 5.70. The third kappa shape index (κ3) is 3.06. The number of rotatable bonds is 3. The van der Waals surface area contributed by atoms with E-state index < -0.39 is 5.91 Å². The maximum atomic E-state index is 11.9. The van der Waals surface area contributed by atoms with Crippen molar-refractivity contribution in [2.75, 3.05) is 26.3 Å². The fourth-order valence-corrected chi connectivity index (χ4v) is 1.70. The number of carbonyl (C=O) groups is 2. The number of ether oxygens (including phenoxy) is 1. The lowest BCUT2D eigenvalue weighted by Crippen LogP contribution is -2.48. The highest BCUT2D eigenvalue weighted by molar-refractivity contribution is 5.98. The Bertz CT molecular complexity index is 456. The lowest BCUT2D eigenvalue weighted by Gasteiger charge is -2.26. The first-order valence-corrected chi connectivity index (χ1v) is 5.70. The van der Waals surface area contributed by atoms with E-state index in [4.69, 9.17) is 10.5 Å². The predicted octanol–water partition coefficient (Wildman–Crippen LogP) is -0.237. The minimum absolute atomic E-state index is 0.250. The zero-order valence-electron chi connectivity index (χ0n) is 9.89. The molecule has 0 radical (unpaired) electrons. The van der Waals surface area contributed by atoms with Crippen molar-refractivity contribution in [3.05, 3.63) is 35.4 Å². The number of hydrogen-bond donors (Lipinski definition) is 2. The maximum absolute atomic E-state index is 11.9. The second-order valence-corrected chi connectivity index (χ2v) is 3.99. The lowest BCUT2D eigenvalue weighted by molar-refractivity contribution is 0.0126. The summed E-state index contributed by atoms with van der Waals surface area (Å²) in [6.45, 7) is 2.51. The summed E-state index contributed by atoms with van der Waals surface area (Å²) < 4.78 is 5.18. The number of carbonyl (C=O) groups excluding carboxylic acids is 2. The van der Waals surface area contributed by atoms with E-state index in [0.717, 1.165) is 0 Å². The molecular weight excluding hydrogens is 234 g/mol. The van der Waals surface area contributed by atoms with Gasteiger partial charge in [0.2, 0.25) is 5.91 Å². The summed E-state index contributed by atoms with van der Waals surface area (Å²) in [5.41, 5.74) is 8.67. The van der Waals surface area contributed by atoms with Gasteiger partial charge in [-0.1, -0.05) is 6.07 Å². The molecule has 0 bridgehead atoms. The van der Waals surface area contributed by atoms with E-state index in [9.17, 15) is 9.59 Å². The number of benzene rings is 1. The molecule has 1 heterocycles. The lowest BCUT2D eigenvalue weighted by atomic mass is 10.1. The van der Waals surface area contributed by atoms with Crippen molar-refractivity contribution in [1.82, 2.24) is 10.4 Å². The van der Waals surface area contributed by atoms with Crippen LogP contribution in [0.5, 0.6) is 0 Å². The highest BCUT2D eigenvalue weighted by Crippen LogP contribution is 2.05. The molecule has 2 rings (SSSR count). The summed E-state index contributed by atoms with van der Waals surface area (Å²) in [7, 11) is 0. The van der Waals surface area contributed by atoms with Crippen molar-refractivity contribution < 1.29 is 14.3 Å². The van der Waals surface area contributed by atoms with Crippen LogP contribution in [0.4, 0.5) is 0 Å². The number of hydrogen-bond acceptors (Lipinski definition) is 4. The van der Waals surface area contributed by atoms with Crippen LogP contribution in [-0.4, -0.2) is 43.1 Å². The first kappa shape index (κ1) is 12.5. The zero-order chi connectivity index (χ0) is 13.0.